The number of rotatable bonds is 6. The molecule has 2 N–H and O–H groups in total. The van der Waals surface area contributed by atoms with E-state index in [0.717, 1.165) is 0 Å². The molecule has 1 aromatic heterocycles. The molecule has 0 bridgehead atoms. The summed E-state index contributed by atoms with van der Waals surface area (Å²) in [5, 5.41) is 11.4. The van der Waals surface area contributed by atoms with Gasteiger partial charge in [-0.15, -0.1) is 0 Å². The number of halogens is 3. The van der Waals surface area contributed by atoms with E-state index in [2.05, 4.69) is 9.17 Å². The Hall–Kier alpha value is -2.70. The average Bonchev–Trinajstić information content (AvgIpc) is 2.42. The zero-order valence-corrected chi connectivity index (χ0v) is 11.6. The van der Waals surface area contributed by atoms with Crippen molar-refractivity contribution < 1.29 is 45.3 Å². The first-order valence-electron chi connectivity index (χ1n) is 5.44. The summed E-state index contributed by atoms with van der Waals surface area (Å²) >= 11 is 0. The normalized spacial score (nSPS) is 11.6. The quantitative estimate of drug-likeness (QED) is 0.301. The summed E-state index contributed by atoms with van der Waals surface area (Å²) in [5.74, 6) is -4.09. The van der Waals surface area contributed by atoms with E-state index < -0.39 is 51.1 Å². The van der Waals surface area contributed by atoms with Crippen LogP contribution in [0.3, 0.4) is 0 Å². The first-order chi connectivity index (χ1) is 10.5. The summed E-state index contributed by atoms with van der Waals surface area (Å²) in [6.07, 6.45) is 0.381. The zero-order chi connectivity index (χ0) is 17.8. The van der Waals surface area contributed by atoms with Gasteiger partial charge in [0.15, 0.2) is 23.5 Å². The molecule has 0 saturated carbocycles. The highest BCUT2D eigenvalue weighted by molar-refractivity contribution is 7.88. The Balaban J connectivity index is 2.93. The fourth-order valence-corrected chi connectivity index (χ4v) is 1.56. The molecule has 0 radical (unpaired) electrons. The van der Waals surface area contributed by atoms with Crippen LogP contribution in [0.5, 0.6) is 11.5 Å². The molecule has 1 amide bonds. The van der Waals surface area contributed by atoms with Crippen molar-refractivity contribution >= 4 is 28.1 Å². The number of aromatic nitrogens is 1. The van der Waals surface area contributed by atoms with Gasteiger partial charge in [0.05, 0.1) is 12.7 Å². The molecular formula is C10H7F3N2O7S. The molecule has 0 saturated heterocycles. The molecule has 1 rings (SSSR count). The summed E-state index contributed by atoms with van der Waals surface area (Å²) in [6, 6.07) is 0.409. The number of carbonyl (C=O) groups excluding carboxylic acids is 3. The van der Waals surface area contributed by atoms with Crippen LogP contribution < -0.4 is 9.50 Å². The Labute approximate surface area is 126 Å². The monoisotopic (exact) mass is 356 g/mol. The second-order valence-electron chi connectivity index (χ2n) is 3.79. The van der Waals surface area contributed by atoms with Crippen LogP contribution in [0, 0.1) is 0 Å². The molecule has 0 unspecified atom stereocenters. The molecule has 0 atom stereocenters. The molecule has 0 aromatic carbocycles. The van der Waals surface area contributed by atoms with Crippen LogP contribution in [0.15, 0.2) is 12.3 Å². The minimum Gasteiger partial charge on any atom is -0.505 e. The highest BCUT2D eigenvalue weighted by atomic mass is 32.2. The predicted octanol–water partition coefficient (Wildman–Crippen LogP) is -0.487. The van der Waals surface area contributed by atoms with Crippen LogP contribution in [-0.4, -0.2) is 48.5 Å². The van der Waals surface area contributed by atoms with Gasteiger partial charge >= 0.3 is 15.6 Å². The SMILES string of the molecule is O=CC(=O)CNC(=O)c1ncc(OS(=O)(=O)C(F)(F)F)cc1O. The fraction of sp³-hybridized carbons (Fsp3) is 0.200. The van der Waals surface area contributed by atoms with E-state index in [1.807, 2.05) is 5.32 Å². The van der Waals surface area contributed by atoms with Gasteiger partial charge in [0.2, 0.25) is 5.78 Å². The molecule has 0 aliphatic heterocycles. The van der Waals surface area contributed by atoms with Gasteiger partial charge in [-0.2, -0.15) is 21.6 Å². The molecule has 1 aromatic rings. The van der Waals surface area contributed by atoms with Gasteiger partial charge in [-0.05, 0) is 0 Å². The maximum Gasteiger partial charge on any atom is 0.534 e. The van der Waals surface area contributed by atoms with Crippen LogP contribution in [0.2, 0.25) is 0 Å². The summed E-state index contributed by atoms with van der Waals surface area (Å²) in [7, 11) is -5.96. The molecule has 0 aliphatic carbocycles. The van der Waals surface area contributed by atoms with Gasteiger partial charge in [0, 0.05) is 6.07 Å². The summed E-state index contributed by atoms with van der Waals surface area (Å²) in [6.45, 7) is -0.690. The van der Waals surface area contributed by atoms with Gasteiger partial charge in [0.25, 0.3) is 5.91 Å². The lowest BCUT2D eigenvalue weighted by molar-refractivity contribution is -0.129. The van der Waals surface area contributed by atoms with Crippen molar-refractivity contribution in [2.75, 3.05) is 6.54 Å². The number of amides is 1. The molecule has 1 heterocycles. The first-order valence-corrected chi connectivity index (χ1v) is 6.84. The molecular weight excluding hydrogens is 349 g/mol. The number of aldehydes is 1. The van der Waals surface area contributed by atoms with Crippen molar-refractivity contribution in [2.24, 2.45) is 0 Å². The van der Waals surface area contributed by atoms with Crippen molar-refractivity contribution in [2.45, 2.75) is 5.51 Å². The Morgan fingerprint density at radius 2 is 2.00 bits per heavy atom. The maximum absolute atomic E-state index is 12.1. The van der Waals surface area contributed by atoms with Gasteiger partial charge in [-0.25, -0.2) is 4.98 Å². The van der Waals surface area contributed by atoms with Crippen LogP contribution in [-0.2, 0) is 19.7 Å². The number of alkyl halides is 3. The third-order valence-corrected chi connectivity index (χ3v) is 3.08. The summed E-state index contributed by atoms with van der Waals surface area (Å²) < 4.78 is 61.6. The number of pyridine rings is 1. The molecule has 0 aliphatic rings. The van der Waals surface area contributed by atoms with Crippen LogP contribution in [0.1, 0.15) is 10.5 Å². The van der Waals surface area contributed by atoms with E-state index in [4.69, 9.17) is 0 Å². The number of nitrogens with zero attached hydrogens (tertiary/aromatic N) is 1. The lowest BCUT2D eigenvalue weighted by Gasteiger charge is -2.10. The van der Waals surface area contributed by atoms with Crippen LogP contribution in [0.4, 0.5) is 13.2 Å². The van der Waals surface area contributed by atoms with E-state index >= 15 is 0 Å². The van der Waals surface area contributed by atoms with Gasteiger partial charge < -0.3 is 14.6 Å². The number of nitrogens with one attached hydrogen (secondary N) is 1. The minimum absolute atomic E-state index is 0.0630. The first kappa shape index (κ1) is 18.3. The third kappa shape index (κ3) is 4.64. The lowest BCUT2D eigenvalue weighted by atomic mass is 10.3. The summed E-state index contributed by atoms with van der Waals surface area (Å²) in [5.41, 5.74) is -6.41. The van der Waals surface area contributed by atoms with Gasteiger partial charge in [-0.1, -0.05) is 0 Å². The lowest BCUT2D eigenvalue weighted by Crippen LogP contribution is -2.30. The molecule has 0 spiro atoms. The number of hydrogen-bond donors (Lipinski definition) is 2. The van der Waals surface area contributed by atoms with Gasteiger partial charge in [-0.3, -0.25) is 14.4 Å². The van der Waals surface area contributed by atoms with Crippen molar-refractivity contribution in [3.05, 3.63) is 18.0 Å². The number of aromatic hydroxyl groups is 1. The number of hydrogen-bond acceptors (Lipinski definition) is 8. The molecule has 23 heavy (non-hydrogen) atoms. The van der Waals surface area contributed by atoms with Crippen molar-refractivity contribution in [3.63, 3.8) is 0 Å². The number of carbonyl (C=O) groups is 3. The standard InChI is InChI=1S/C10H7F3N2O7S/c11-10(12,13)23(20,21)22-6-1-7(18)8(14-3-6)9(19)15-2-5(17)4-16/h1,3-4,18H,2H2,(H,15,19). The smallest absolute Gasteiger partial charge is 0.505 e. The second kappa shape index (κ2) is 6.60. The molecule has 9 nitrogen and oxygen atoms in total. The molecule has 13 heteroatoms. The minimum atomic E-state index is -5.96. The number of ketones is 1. The zero-order valence-electron chi connectivity index (χ0n) is 10.8. The fourth-order valence-electron chi connectivity index (χ4n) is 1.12. The van der Waals surface area contributed by atoms with E-state index in [1.165, 1.54) is 0 Å². The topological polar surface area (TPSA) is 140 Å². The Kier molecular flexibility index (Phi) is 5.26. The summed E-state index contributed by atoms with van der Waals surface area (Å²) in [4.78, 5) is 35.5. The van der Waals surface area contributed by atoms with Crippen molar-refractivity contribution in [1.29, 1.82) is 0 Å². The third-order valence-electron chi connectivity index (χ3n) is 2.10. The van der Waals surface area contributed by atoms with Crippen LogP contribution in [0.25, 0.3) is 0 Å². The average molecular weight is 356 g/mol. The number of Topliss-reactive ketones (excluding diaryl/α,β-unsaturated/α-hetero) is 1. The Morgan fingerprint density at radius 3 is 2.48 bits per heavy atom. The van der Waals surface area contributed by atoms with E-state index in [-0.39, 0.29) is 6.29 Å². The van der Waals surface area contributed by atoms with Gasteiger partial charge in [0.1, 0.15) is 0 Å². The van der Waals surface area contributed by atoms with Crippen LogP contribution >= 0.6 is 0 Å². The second-order valence-corrected chi connectivity index (χ2v) is 5.33. The Bertz CT molecular complexity index is 745. The highest BCUT2D eigenvalue weighted by Gasteiger charge is 2.48. The largest absolute Gasteiger partial charge is 0.534 e. The van der Waals surface area contributed by atoms with E-state index in [0.29, 0.717) is 12.3 Å². The highest BCUT2D eigenvalue weighted by Crippen LogP contribution is 2.28. The van der Waals surface area contributed by atoms with E-state index in [9.17, 15) is 41.1 Å². The maximum atomic E-state index is 12.1. The Morgan fingerprint density at radius 1 is 1.39 bits per heavy atom. The molecule has 126 valence electrons. The molecule has 0 fully saturated rings. The van der Waals surface area contributed by atoms with Crippen molar-refractivity contribution in [1.82, 2.24) is 10.3 Å². The van der Waals surface area contributed by atoms with Crippen molar-refractivity contribution in [3.8, 4) is 11.5 Å². The van der Waals surface area contributed by atoms with E-state index in [1.54, 1.807) is 0 Å². The predicted molar refractivity (Wildman–Crippen MR) is 64.9 cm³/mol.